The molecule has 1 heterocycles. The average molecular weight is 368 g/mol. The molecule has 0 aliphatic rings. The number of ether oxygens (including phenoxy) is 1. The minimum atomic E-state index is -0.242. The van der Waals surface area contributed by atoms with E-state index in [0.717, 1.165) is 16.9 Å². The van der Waals surface area contributed by atoms with Crippen molar-refractivity contribution < 1.29 is 9.53 Å². The van der Waals surface area contributed by atoms with Gasteiger partial charge in [-0.3, -0.25) is 4.79 Å². The van der Waals surface area contributed by atoms with Crippen molar-refractivity contribution in [2.75, 3.05) is 12.4 Å². The molecule has 3 aromatic rings. The van der Waals surface area contributed by atoms with Crippen LogP contribution >= 0.6 is 11.6 Å². The van der Waals surface area contributed by atoms with Gasteiger partial charge in [-0.1, -0.05) is 35.9 Å². The zero-order valence-corrected chi connectivity index (χ0v) is 15.0. The van der Waals surface area contributed by atoms with E-state index in [1.807, 2.05) is 53.1 Å². The Morgan fingerprint density at radius 2 is 2.08 bits per heavy atom. The summed E-state index contributed by atoms with van der Waals surface area (Å²) >= 11 is 5.99. The number of aromatic nitrogens is 2. The maximum atomic E-state index is 12.0. The number of benzene rings is 2. The first-order valence-corrected chi connectivity index (χ1v) is 8.39. The monoisotopic (exact) mass is 367 g/mol. The van der Waals surface area contributed by atoms with Gasteiger partial charge < -0.3 is 14.6 Å². The zero-order valence-electron chi connectivity index (χ0n) is 14.2. The molecular formula is C20H18ClN3O2. The van der Waals surface area contributed by atoms with Gasteiger partial charge in [0.1, 0.15) is 5.75 Å². The number of imidazole rings is 1. The highest BCUT2D eigenvalue weighted by Crippen LogP contribution is 2.14. The predicted octanol–water partition coefficient (Wildman–Crippen LogP) is 4.25. The SMILES string of the molecule is COc1ccc(/C=C/C(=O)Nc2cn(Cc3cccc(Cl)c3)cn2)cc1. The summed E-state index contributed by atoms with van der Waals surface area (Å²) in [4.78, 5) is 16.2. The second kappa shape index (κ2) is 8.36. The third-order valence-electron chi connectivity index (χ3n) is 3.68. The highest BCUT2D eigenvalue weighted by molar-refractivity contribution is 6.30. The lowest BCUT2D eigenvalue weighted by Gasteiger charge is -2.02. The molecule has 0 unspecified atom stereocenters. The van der Waals surface area contributed by atoms with Crippen molar-refractivity contribution in [2.24, 2.45) is 0 Å². The summed E-state index contributed by atoms with van der Waals surface area (Å²) in [6, 6.07) is 15.1. The lowest BCUT2D eigenvalue weighted by molar-refractivity contribution is -0.111. The summed E-state index contributed by atoms with van der Waals surface area (Å²) in [5, 5.41) is 3.44. The minimum absolute atomic E-state index is 0.242. The number of nitrogens with zero attached hydrogens (tertiary/aromatic N) is 2. The standard InChI is InChI=1S/C20H18ClN3O2/c1-26-18-8-5-15(6-9-18)7-10-20(25)23-19-13-24(14-22-19)12-16-3-2-4-17(21)11-16/h2-11,13-14H,12H2,1H3,(H,23,25)/b10-7+. The number of methoxy groups -OCH3 is 1. The van der Waals surface area contributed by atoms with Gasteiger partial charge in [-0.05, 0) is 41.5 Å². The molecule has 0 radical (unpaired) electrons. The number of halogens is 1. The summed E-state index contributed by atoms with van der Waals surface area (Å²) in [5.74, 6) is 1.03. The molecule has 1 aromatic heterocycles. The molecule has 0 aliphatic carbocycles. The molecule has 5 nitrogen and oxygen atoms in total. The Bertz CT molecular complexity index is 917. The van der Waals surface area contributed by atoms with Crippen molar-refractivity contribution in [3.05, 3.63) is 83.3 Å². The number of rotatable bonds is 6. The van der Waals surface area contributed by atoms with Crippen LogP contribution in [0.25, 0.3) is 6.08 Å². The number of amides is 1. The Morgan fingerprint density at radius 3 is 2.81 bits per heavy atom. The maximum Gasteiger partial charge on any atom is 0.249 e. The van der Waals surface area contributed by atoms with Crippen molar-refractivity contribution in [3.63, 3.8) is 0 Å². The minimum Gasteiger partial charge on any atom is -0.497 e. The van der Waals surface area contributed by atoms with Crippen LogP contribution in [-0.2, 0) is 11.3 Å². The molecule has 0 spiro atoms. The Balaban J connectivity index is 1.57. The molecule has 0 saturated heterocycles. The largest absolute Gasteiger partial charge is 0.497 e. The smallest absolute Gasteiger partial charge is 0.249 e. The van der Waals surface area contributed by atoms with Gasteiger partial charge in [0.2, 0.25) is 5.91 Å². The second-order valence-corrected chi connectivity index (χ2v) is 6.09. The van der Waals surface area contributed by atoms with E-state index in [-0.39, 0.29) is 5.91 Å². The average Bonchev–Trinajstić information content (AvgIpc) is 3.07. The van der Waals surface area contributed by atoms with Crippen LogP contribution in [0.4, 0.5) is 5.82 Å². The Hall–Kier alpha value is -3.05. The number of anilines is 1. The highest BCUT2D eigenvalue weighted by Gasteiger charge is 2.03. The van der Waals surface area contributed by atoms with E-state index in [4.69, 9.17) is 16.3 Å². The maximum absolute atomic E-state index is 12.0. The van der Waals surface area contributed by atoms with Crippen molar-refractivity contribution in [2.45, 2.75) is 6.54 Å². The van der Waals surface area contributed by atoms with Crippen LogP contribution in [0.5, 0.6) is 5.75 Å². The van der Waals surface area contributed by atoms with Crippen LogP contribution in [0.2, 0.25) is 5.02 Å². The fourth-order valence-corrected chi connectivity index (χ4v) is 2.62. The fraction of sp³-hybridized carbons (Fsp3) is 0.100. The summed E-state index contributed by atoms with van der Waals surface area (Å²) in [7, 11) is 1.61. The van der Waals surface area contributed by atoms with Gasteiger partial charge in [0, 0.05) is 23.8 Å². The van der Waals surface area contributed by atoms with Crippen molar-refractivity contribution >= 4 is 29.4 Å². The molecule has 6 heteroatoms. The van der Waals surface area contributed by atoms with Crippen LogP contribution in [0, 0.1) is 0 Å². The third kappa shape index (κ3) is 4.97. The Morgan fingerprint density at radius 1 is 1.27 bits per heavy atom. The van der Waals surface area contributed by atoms with Crippen LogP contribution in [-0.4, -0.2) is 22.6 Å². The molecule has 0 saturated carbocycles. The zero-order chi connectivity index (χ0) is 18.4. The van der Waals surface area contributed by atoms with E-state index in [1.54, 1.807) is 25.7 Å². The van der Waals surface area contributed by atoms with E-state index in [0.29, 0.717) is 17.4 Å². The number of hydrogen-bond donors (Lipinski definition) is 1. The summed E-state index contributed by atoms with van der Waals surface area (Å²) < 4.78 is 6.99. The van der Waals surface area contributed by atoms with E-state index in [1.165, 1.54) is 6.08 Å². The summed E-state index contributed by atoms with van der Waals surface area (Å²) in [6.07, 6.45) is 6.65. The molecule has 2 aromatic carbocycles. The Labute approximate surface area is 156 Å². The first kappa shape index (κ1) is 17.8. The van der Waals surface area contributed by atoms with Gasteiger partial charge in [0.05, 0.1) is 13.4 Å². The number of nitrogens with one attached hydrogen (secondary N) is 1. The molecule has 0 atom stereocenters. The molecule has 1 N–H and O–H groups in total. The lowest BCUT2D eigenvalue weighted by atomic mass is 10.2. The molecule has 0 aliphatic heterocycles. The van der Waals surface area contributed by atoms with Gasteiger partial charge in [0.25, 0.3) is 0 Å². The molecular weight excluding hydrogens is 350 g/mol. The van der Waals surface area contributed by atoms with Crippen LogP contribution < -0.4 is 10.1 Å². The first-order valence-electron chi connectivity index (χ1n) is 8.02. The van der Waals surface area contributed by atoms with Crippen molar-refractivity contribution in [3.8, 4) is 5.75 Å². The normalized spacial score (nSPS) is 10.8. The number of carbonyl (C=O) groups is 1. The number of carbonyl (C=O) groups excluding carboxylic acids is 1. The fourth-order valence-electron chi connectivity index (χ4n) is 2.41. The molecule has 132 valence electrons. The summed E-state index contributed by atoms with van der Waals surface area (Å²) in [6.45, 7) is 0.630. The van der Waals surface area contributed by atoms with E-state index in [2.05, 4.69) is 10.3 Å². The quantitative estimate of drug-likeness (QED) is 0.663. The van der Waals surface area contributed by atoms with Crippen molar-refractivity contribution in [1.29, 1.82) is 0 Å². The van der Waals surface area contributed by atoms with Crippen LogP contribution in [0.15, 0.2) is 67.1 Å². The van der Waals surface area contributed by atoms with Crippen LogP contribution in [0.1, 0.15) is 11.1 Å². The topological polar surface area (TPSA) is 56.1 Å². The summed E-state index contributed by atoms with van der Waals surface area (Å²) in [5.41, 5.74) is 1.97. The number of hydrogen-bond acceptors (Lipinski definition) is 3. The molecule has 26 heavy (non-hydrogen) atoms. The molecule has 0 bridgehead atoms. The first-order chi connectivity index (χ1) is 12.6. The predicted molar refractivity (Wildman–Crippen MR) is 103 cm³/mol. The van der Waals surface area contributed by atoms with Gasteiger partial charge in [-0.25, -0.2) is 4.98 Å². The molecule has 0 fully saturated rings. The van der Waals surface area contributed by atoms with Gasteiger partial charge in [0.15, 0.2) is 5.82 Å². The van der Waals surface area contributed by atoms with E-state index < -0.39 is 0 Å². The second-order valence-electron chi connectivity index (χ2n) is 5.66. The molecule has 3 rings (SSSR count). The van der Waals surface area contributed by atoms with Gasteiger partial charge >= 0.3 is 0 Å². The molecule has 1 amide bonds. The highest BCUT2D eigenvalue weighted by atomic mass is 35.5. The Kier molecular flexibility index (Phi) is 5.71. The third-order valence-corrected chi connectivity index (χ3v) is 3.92. The van der Waals surface area contributed by atoms with E-state index >= 15 is 0 Å². The van der Waals surface area contributed by atoms with Gasteiger partial charge in [-0.2, -0.15) is 0 Å². The lowest BCUT2D eigenvalue weighted by Crippen LogP contribution is -2.08. The van der Waals surface area contributed by atoms with Gasteiger partial charge in [-0.15, -0.1) is 0 Å². The van der Waals surface area contributed by atoms with E-state index in [9.17, 15) is 4.79 Å². The van der Waals surface area contributed by atoms with Crippen molar-refractivity contribution in [1.82, 2.24) is 9.55 Å². The van der Waals surface area contributed by atoms with Crippen LogP contribution in [0.3, 0.4) is 0 Å².